The van der Waals surface area contributed by atoms with Crippen LogP contribution in [0.2, 0.25) is 0 Å². The van der Waals surface area contributed by atoms with Crippen LogP contribution in [-0.4, -0.2) is 5.78 Å². The normalized spacial score (nSPS) is 42.7. The molecule has 2 aliphatic carbocycles. The molecule has 0 heterocycles. The van der Waals surface area contributed by atoms with Crippen LogP contribution in [-0.2, 0) is 4.79 Å². The highest BCUT2D eigenvalue weighted by Gasteiger charge is 2.58. The third-order valence-electron chi connectivity index (χ3n) is 5.81. The van der Waals surface area contributed by atoms with Gasteiger partial charge in [0.05, 0.1) is 0 Å². The van der Waals surface area contributed by atoms with Crippen molar-refractivity contribution >= 4 is 5.78 Å². The number of carbonyl (C=O) groups is 1. The van der Waals surface area contributed by atoms with Crippen LogP contribution < -0.4 is 0 Å². The van der Waals surface area contributed by atoms with Crippen molar-refractivity contribution in [3.8, 4) is 0 Å². The van der Waals surface area contributed by atoms with Gasteiger partial charge in [0.1, 0.15) is 5.78 Å². The van der Waals surface area contributed by atoms with E-state index < -0.39 is 0 Å². The van der Waals surface area contributed by atoms with E-state index in [1.807, 2.05) is 0 Å². The number of fused-ring (bicyclic) bond motifs is 1. The second kappa shape index (κ2) is 3.09. The first-order valence-corrected chi connectivity index (χ1v) is 6.29. The fourth-order valence-electron chi connectivity index (χ4n) is 4.28. The van der Waals surface area contributed by atoms with E-state index in [2.05, 4.69) is 34.6 Å². The summed E-state index contributed by atoms with van der Waals surface area (Å²) in [5.74, 6) is 2.60. The predicted octanol–water partition coefficient (Wildman–Crippen LogP) is 3.67. The minimum atomic E-state index is 0.338. The van der Waals surface area contributed by atoms with Gasteiger partial charge in [-0.3, -0.25) is 4.79 Å². The quantitative estimate of drug-likeness (QED) is 0.593. The molecular formula is C14H24O. The molecule has 0 aliphatic heterocycles. The zero-order valence-electron chi connectivity index (χ0n) is 10.8. The van der Waals surface area contributed by atoms with Gasteiger partial charge in [-0.05, 0) is 35.0 Å². The number of Topliss-reactive ketones (excluding diaryl/α,β-unsaturated/α-hetero) is 1. The van der Waals surface area contributed by atoms with Gasteiger partial charge in [-0.1, -0.05) is 34.6 Å². The molecule has 0 radical (unpaired) electrons. The molecule has 0 aromatic rings. The lowest BCUT2D eigenvalue weighted by molar-refractivity contribution is -0.124. The maximum atomic E-state index is 11.6. The van der Waals surface area contributed by atoms with Crippen molar-refractivity contribution in [1.29, 1.82) is 0 Å². The van der Waals surface area contributed by atoms with E-state index in [1.165, 1.54) is 0 Å². The molecule has 15 heavy (non-hydrogen) atoms. The number of carbonyl (C=O) groups excluding carboxylic acids is 1. The van der Waals surface area contributed by atoms with E-state index in [4.69, 9.17) is 0 Å². The van der Waals surface area contributed by atoms with Crippen LogP contribution >= 0.6 is 0 Å². The average Bonchev–Trinajstić information content (AvgIpc) is 2.26. The van der Waals surface area contributed by atoms with Crippen molar-refractivity contribution in [3.63, 3.8) is 0 Å². The third-order valence-corrected chi connectivity index (χ3v) is 5.81. The number of hydrogen-bond donors (Lipinski definition) is 0. The molecule has 0 aromatic carbocycles. The first-order valence-electron chi connectivity index (χ1n) is 6.29. The minimum Gasteiger partial charge on any atom is -0.300 e. The van der Waals surface area contributed by atoms with Gasteiger partial charge in [0.25, 0.3) is 0 Å². The highest BCUT2D eigenvalue weighted by atomic mass is 16.1. The maximum absolute atomic E-state index is 11.6. The molecule has 0 spiro atoms. The van der Waals surface area contributed by atoms with E-state index in [0.717, 1.165) is 25.2 Å². The summed E-state index contributed by atoms with van der Waals surface area (Å²) in [7, 11) is 0. The standard InChI is InChI=1S/C14H24O/c1-9-13(2,3)11-7-6-10(15)8-12(11)14(9,4)5/h9,11-12H,6-8H2,1-5H3. The largest absolute Gasteiger partial charge is 0.300 e. The van der Waals surface area contributed by atoms with Gasteiger partial charge in [0.15, 0.2) is 0 Å². The Hall–Kier alpha value is -0.330. The molecule has 1 nitrogen and oxygen atoms in total. The van der Waals surface area contributed by atoms with Crippen molar-refractivity contribution in [2.24, 2.45) is 28.6 Å². The van der Waals surface area contributed by atoms with Gasteiger partial charge in [-0.2, -0.15) is 0 Å². The van der Waals surface area contributed by atoms with Crippen LogP contribution in [0.1, 0.15) is 53.9 Å². The topological polar surface area (TPSA) is 17.1 Å². The molecule has 2 rings (SSSR count). The molecule has 0 N–H and O–H groups in total. The lowest BCUT2D eigenvalue weighted by Crippen LogP contribution is -2.31. The molecule has 2 aliphatic rings. The van der Waals surface area contributed by atoms with E-state index in [9.17, 15) is 4.79 Å². The Labute approximate surface area is 93.6 Å². The molecule has 2 fully saturated rings. The molecule has 0 bridgehead atoms. The molecule has 3 atom stereocenters. The van der Waals surface area contributed by atoms with Crippen molar-refractivity contribution < 1.29 is 4.79 Å². The Morgan fingerprint density at radius 1 is 1.07 bits per heavy atom. The second-order valence-electron chi connectivity index (χ2n) is 6.86. The second-order valence-corrected chi connectivity index (χ2v) is 6.86. The molecule has 86 valence electrons. The summed E-state index contributed by atoms with van der Waals surface area (Å²) >= 11 is 0. The van der Waals surface area contributed by atoms with Crippen LogP contribution in [0.5, 0.6) is 0 Å². The van der Waals surface area contributed by atoms with Crippen LogP contribution in [0, 0.1) is 28.6 Å². The average molecular weight is 208 g/mol. The monoisotopic (exact) mass is 208 g/mol. The summed E-state index contributed by atoms with van der Waals surface area (Å²) < 4.78 is 0. The van der Waals surface area contributed by atoms with Gasteiger partial charge < -0.3 is 0 Å². The smallest absolute Gasteiger partial charge is 0.133 e. The molecule has 0 saturated heterocycles. The molecule has 1 heteroatoms. The van der Waals surface area contributed by atoms with Gasteiger partial charge in [0.2, 0.25) is 0 Å². The van der Waals surface area contributed by atoms with Gasteiger partial charge in [-0.25, -0.2) is 0 Å². The fraction of sp³-hybridized carbons (Fsp3) is 0.929. The molecule has 0 amide bonds. The third kappa shape index (κ3) is 1.38. The molecule has 2 saturated carbocycles. The summed E-state index contributed by atoms with van der Waals surface area (Å²) in [4.78, 5) is 11.6. The van der Waals surface area contributed by atoms with Crippen molar-refractivity contribution in [2.75, 3.05) is 0 Å². The summed E-state index contributed by atoms with van der Waals surface area (Å²) in [6.45, 7) is 11.9. The Kier molecular flexibility index (Phi) is 2.30. The number of rotatable bonds is 0. The Bertz CT molecular complexity index is 288. The minimum absolute atomic E-state index is 0.338. The molecular weight excluding hydrogens is 184 g/mol. The van der Waals surface area contributed by atoms with E-state index in [0.29, 0.717) is 28.4 Å². The molecule has 3 unspecified atom stereocenters. The zero-order chi connectivity index (χ0) is 11.4. The summed E-state index contributed by atoms with van der Waals surface area (Å²) in [6.07, 6.45) is 2.79. The summed E-state index contributed by atoms with van der Waals surface area (Å²) in [5, 5.41) is 0. The first kappa shape index (κ1) is 11.2. The van der Waals surface area contributed by atoms with E-state index >= 15 is 0 Å². The van der Waals surface area contributed by atoms with Crippen molar-refractivity contribution in [2.45, 2.75) is 53.9 Å². The van der Waals surface area contributed by atoms with Crippen molar-refractivity contribution in [1.82, 2.24) is 0 Å². The van der Waals surface area contributed by atoms with Gasteiger partial charge >= 0.3 is 0 Å². The Morgan fingerprint density at radius 3 is 2.20 bits per heavy atom. The predicted molar refractivity (Wildman–Crippen MR) is 62.6 cm³/mol. The fourth-order valence-corrected chi connectivity index (χ4v) is 4.28. The number of ketones is 1. The lowest BCUT2D eigenvalue weighted by atomic mass is 9.69. The van der Waals surface area contributed by atoms with Crippen LogP contribution in [0.25, 0.3) is 0 Å². The van der Waals surface area contributed by atoms with Crippen LogP contribution in [0.15, 0.2) is 0 Å². The Morgan fingerprint density at radius 2 is 1.60 bits per heavy atom. The first-order chi connectivity index (χ1) is 6.78. The van der Waals surface area contributed by atoms with Crippen LogP contribution in [0.4, 0.5) is 0 Å². The summed E-state index contributed by atoms with van der Waals surface area (Å²) in [5.41, 5.74) is 0.749. The van der Waals surface area contributed by atoms with Crippen LogP contribution in [0.3, 0.4) is 0 Å². The van der Waals surface area contributed by atoms with Gasteiger partial charge in [-0.15, -0.1) is 0 Å². The highest BCUT2D eigenvalue weighted by Crippen LogP contribution is 2.63. The molecule has 0 aromatic heterocycles. The highest BCUT2D eigenvalue weighted by molar-refractivity contribution is 5.79. The SMILES string of the molecule is CC1C(C)(C)C2CCC(=O)CC2C1(C)C. The van der Waals surface area contributed by atoms with E-state index in [1.54, 1.807) is 0 Å². The van der Waals surface area contributed by atoms with Gasteiger partial charge in [0, 0.05) is 12.8 Å². The van der Waals surface area contributed by atoms with Crippen molar-refractivity contribution in [3.05, 3.63) is 0 Å². The lowest BCUT2D eigenvalue weighted by Gasteiger charge is -2.35. The zero-order valence-corrected chi connectivity index (χ0v) is 10.8. The Balaban J connectivity index is 2.37. The van der Waals surface area contributed by atoms with E-state index in [-0.39, 0.29) is 0 Å². The number of hydrogen-bond acceptors (Lipinski definition) is 1. The summed E-state index contributed by atoms with van der Waals surface area (Å²) in [6, 6.07) is 0. The maximum Gasteiger partial charge on any atom is 0.133 e.